The Labute approximate surface area is 121 Å². The topological polar surface area (TPSA) is 70.0 Å². The van der Waals surface area contributed by atoms with Gasteiger partial charge in [-0.3, -0.25) is 0 Å². The highest BCUT2D eigenvalue weighted by Crippen LogP contribution is 2.16. The van der Waals surface area contributed by atoms with Gasteiger partial charge in [-0.1, -0.05) is 12.1 Å². The average molecular weight is 294 g/mol. The highest BCUT2D eigenvalue weighted by molar-refractivity contribution is 7.92. The van der Waals surface area contributed by atoms with E-state index in [1.165, 1.54) is 0 Å². The third-order valence-corrected chi connectivity index (χ3v) is 5.90. The van der Waals surface area contributed by atoms with Crippen LogP contribution in [-0.4, -0.2) is 25.5 Å². The predicted molar refractivity (Wildman–Crippen MR) is 81.1 cm³/mol. The Morgan fingerprint density at radius 2 is 1.80 bits per heavy atom. The molecule has 1 aromatic carbocycles. The zero-order valence-corrected chi connectivity index (χ0v) is 13.3. The van der Waals surface area contributed by atoms with Crippen LogP contribution in [0, 0.1) is 11.3 Å². The number of rotatable bonds is 5. The molecule has 0 bridgehead atoms. The molecule has 0 aliphatic carbocycles. The monoisotopic (exact) mass is 294 g/mol. The molecule has 1 atom stereocenters. The molecule has 0 radical (unpaired) electrons. The lowest BCUT2D eigenvalue weighted by atomic mass is 10.1. The molecule has 0 spiro atoms. The maximum atomic E-state index is 12.0. The van der Waals surface area contributed by atoms with Crippen molar-refractivity contribution in [3.63, 3.8) is 0 Å². The minimum Gasteiger partial charge on any atom is -0.309 e. The molecule has 5 heteroatoms. The number of nitrogens with zero attached hydrogens (tertiary/aromatic N) is 1. The Morgan fingerprint density at radius 1 is 1.25 bits per heavy atom. The highest BCUT2D eigenvalue weighted by atomic mass is 32.2. The van der Waals surface area contributed by atoms with E-state index in [-0.39, 0.29) is 11.8 Å². The van der Waals surface area contributed by atoms with Crippen LogP contribution < -0.4 is 5.32 Å². The number of hydrogen-bond acceptors (Lipinski definition) is 4. The molecule has 0 aliphatic heterocycles. The molecule has 4 nitrogen and oxygen atoms in total. The molecule has 1 aromatic rings. The summed E-state index contributed by atoms with van der Waals surface area (Å²) in [4.78, 5) is 0. The molecular weight excluding hydrogens is 272 g/mol. The van der Waals surface area contributed by atoms with Gasteiger partial charge in [0.1, 0.15) is 0 Å². The van der Waals surface area contributed by atoms with Gasteiger partial charge >= 0.3 is 0 Å². The van der Waals surface area contributed by atoms with Crippen LogP contribution >= 0.6 is 0 Å². The molecule has 0 aliphatic rings. The second kappa shape index (κ2) is 6.38. The number of nitriles is 1. The third kappa shape index (κ3) is 4.32. The lowest BCUT2D eigenvalue weighted by Crippen LogP contribution is -2.35. The third-order valence-electron chi connectivity index (χ3n) is 3.29. The van der Waals surface area contributed by atoms with Crippen molar-refractivity contribution in [2.75, 3.05) is 12.3 Å². The van der Waals surface area contributed by atoms with E-state index in [1.54, 1.807) is 32.9 Å². The first-order valence-electron chi connectivity index (χ1n) is 6.63. The van der Waals surface area contributed by atoms with Crippen LogP contribution in [0.1, 0.15) is 44.9 Å². The molecule has 0 saturated heterocycles. The van der Waals surface area contributed by atoms with Crippen LogP contribution in [-0.2, 0) is 9.84 Å². The van der Waals surface area contributed by atoms with Gasteiger partial charge in [0, 0.05) is 12.6 Å². The zero-order chi connectivity index (χ0) is 15.4. The second-order valence-electron chi connectivity index (χ2n) is 5.84. The van der Waals surface area contributed by atoms with E-state index in [1.807, 2.05) is 19.1 Å². The lowest BCUT2D eigenvalue weighted by molar-refractivity contribution is 0.546. The minimum absolute atomic E-state index is 0.0536. The summed E-state index contributed by atoms with van der Waals surface area (Å²) in [6.45, 7) is 7.54. The van der Waals surface area contributed by atoms with Gasteiger partial charge in [0.2, 0.25) is 0 Å². The molecule has 0 fully saturated rings. The molecule has 0 aromatic heterocycles. The largest absolute Gasteiger partial charge is 0.309 e. The molecule has 0 heterocycles. The van der Waals surface area contributed by atoms with Gasteiger partial charge in [-0.05, 0) is 45.4 Å². The van der Waals surface area contributed by atoms with E-state index in [2.05, 4.69) is 11.4 Å². The minimum atomic E-state index is -3.09. The normalized spacial score (nSPS) is 13.8. The summed E-state index contributed by atoms with van der Waals surface area (Å²) in [5.74, 6) is 0.122. The predicted octanol–water partition coefficient (Wildman–Crippen LogP) is 2.42. The fourth-order valence-corrected chi connectivity index (χ4v) is 2.68. The molecule has 1 unspecified atom stereocenters. The molecule has 20 heavy (non-hydrogen) atoms. The van der Waals surface area contributed by atoms with Crippen LogP contribution in [0.5, 0.6) is 0 Å². The van der Waals surface area contributed by atoms with Crippen molar-refractivity contribution in [2.24, 2.45) is 0 Å². The van der Waals surface area contributed by atoms with Crippen LogP contribution in [0.15, 0.2) is 24.3 Å². The van der Waals surface area contributed by atoms with Crippen molar-refractivity contribution < 1.29 is 8.42 Å². The summed E-state index contributed by atoms with van der Waals surface area (Å²) in [5.41, 5.74) is 1.66. The fraction of sp³-hybridized carbons (Fsp3) is 0.533. The van der Waals surface area contributed by atoms with Crippen molar-refractivity contribution in [2.45, 2.75) is 38.5 Å². The van der Waals surface area contributed by atoms with E-state index >= 15 is 0 Å². The first-order chi connectivity index (χ1) is 9.17. The van der Waals surface area contributed by atoms with Crippen molar-refractivity contribution in [3.8, 4) is 6.07 Å². The summed E-state index contributed by atoms with van der Waals surface area (Å²) in [6, 6.07) is 9.42. The van der Waals surface area contributed by atoms with Gasteiger partial charge in [-0.15, -0.1) is 0 Å². The zero-order valence-electron chi connectivity index (χ0n) is 12.5. The number of hydrogen-bond donors (Lipinski definition) is 1. The molecule has 1 rings (SSSR count). The van der Waals surface area contributed by atoms with Gasteiger partial charge in [-0.25, -0.2) is 8.42 Å². The van der Waals surface area contributed by atoms with Crippen molar-refractivity contribution in [3.05, 3.63) is 35.4 Å². The Bertz CT molecular complexity index is 578. The summed E-state index contributed by atoms with van der Waals surface area (Å²) in [6.07, 6.45) is 0. The van der Waals surface area contributed by atoms with Gasteiger partial charge < -0.3 is 5.32 Å². The summed E-state index contributed by atoms with van der Waals surface area (Å²) in [5, 5.41) is 11.9. The molecule has 0 amide bonds. The Morgan fingerprint density at radius 3 is 2.25 bits per heavy atom. The van der Waals surface area contributed by atoms with Crippen LogP contribution in [0.2, 0.25) is 0 Å². The highest BCUT2D eigenvalue weighted by Gasteiger charge is 2.28. The van der Waals surface area contributed by atoms with Gasteiger partial charge in [0.15, 0.2) is 9.84 Å². The van der Waals surface area contributed by atoms with E-state index in [0.717, 1.165) is 5.56 Å². The van der Waals surface area contributed by atoms with Crippen molar-refractivity contribution in [1.29, 1.82) is 5.26 Å². The molecule has 1 N–H and O–H groups in total. The first-order valence-corrected chi connectivity index (χ1v) is 8.28. The Kier molecular flexibility index (Phi) is 5.32. The van der Waals surface area contributed by atoms with E-state index in [9.17, 15) is 8.42 Å². The standard InChI is InChI=1S/C15H22N2O2S/c1-12(14-7-5-13(11-16)6-8-14)17-9-10-20(18,19)15(2,3)4/h5-8,12,17H,9-10H2,1-4H3. The number of sulfone groups is 1. The molecular formula is C15H22N2O2S. The Balaban J connectivity index is 2.56. The average Bonchev–Trinajstić information content (AvgIpc) is 2.37. The van der Waals surface area contributed by atoms with E-state index in [4.69, 9.17) is 5.26 Å². The maximum Gasteiger partial charge on any atom is 0.156 e. The van der Waals surface area contributed by atoms with Crippen molar-refractivity contribution in [1.82, 2.24) is 5.32 Å². The smallest absolute Gasteiger partial charge is 0.156 e. The van der Waals surface area contributed by atoms with E-state index in [0.29, 0.717) is 12.1 Å². The SMILES string of the molecule is CC(NCCS(=O)(=O)C(C)(C)C)c1ccc(C#N)cc1. The fourth-order valence-electron chi connectivity index (χ4n) is 1.68. The summed E-state index contributed by atoms with van der Waals surface area (Å²) in [7, 11) is -3.09. The van der Waals surface area contributed by atoms with Crippen LogP contribution in [0.4, 0.5) is 0 Å². The Hall–Kier alpha value is -1.38. The lowest BCUT2D eigenvalue weighted by Gasteiger charge is -2.20. The maximum absolute atomic E-state index is 12.0. The second-order valence-corrected chi connectivity index (χ2v) is 8.70. The molecule has 110 valence electrons. The van der Waals surface area contributed by atoms with Gasteiger partial charge in [0.25, 0.3) is 0 Å². The van der Waals surface area contributed by atoms with E-state index < -0.39 is 14.6 Å². The van der Waals surface area contributed by atoms with Crippen LogP contribution in [0.3, 0.4) is 0 Å². The summed E-state index contributed by atoms with van der Waals surface area (Å²) < 4.78 is 23.2. The number of nitrogens with one attached hydrogen (secondary N) is 1. The molecule has 0 saturated carbocycles. The first kappa shape index (κ1) is 16.7. The van der Waals surface area contributed by atoms with Gasteiger partial charge in [0.05, 0.1) is 22.1 Å². The number of benzene rings is 1. The summed E-state index contributed by atoms with van der Waals surface area (Å²) >= 11 is 0. The van der Waals surface area contributed by atoms with Crippen molar-refractivity contribution >= 4 is 9.84 Å². The quantitative estimate of drug-likeness (QED) is 0.905. The van der Waals surface area contributed by atoms with Gasteiger partial charge in [-0.2, -0.15) is 5.26 Å². The van der Waals surface area contributed by atoms with Crippen LogP contribution in [0.25, 0.3) is 0 Å².